The van der Waals surface area contributed by atoms with Crippen molar-refractivity contribution in [3.05, 3.63) is 24.0 Å². The second-order valence-electron chi connectivity index (χ2n) is 4.08. The largest absolute Gasteiger partial charge is 0.388 e. The monoisotopic (exact) mass is 317 g/mol. The van der Waals surface area contributed by atoms with Crippen LogP contribution in [0.1, 0.15) is 12.1 Å². The lowest BCUT2D eigenvalue weighted by Crippen LogP contribution is -2.34. The van der Waals surface area contributed by atoms with Crippen molar-refractivity contribution in [1.29, 1.82) is 0 Å². The number of rotatable bonds is 3. The molecule has 19 heavy (non-hydrogen) atoms. The van der Waals surface area contributed by atoms with Gasteiger partial charge in [0.05, 0.1) is 0 Å². The second-order valence-corrected chi connectivity index (χ2v) is 7.66. The summed E-state index contributed by atoms with van der Waals surface area (Å²) in [6, 6.07) is 3.09. The summed E-state index contributed by atoms with van der Waals surface area (Å²) in [5, 5.41) is 0. The van der Waals surface area contributed by atoms with Crippen LogP contribution in [-0.4, -0.2) is 47.3 Å². The second kappa shape index (κ2) is 6.17. The fraction of sp³-hybridized carbons (Fsp3) is 0.455. The van der Waals surface area contributed by atoms with Crippen LogP contribution in [-0.2, 0) is 10.0 Å². The highest BCUT2D eigenvalue weighted by atomic mass is 32.2. The number of nitrogens with zero attached hydrogens (tertiary/aromatic N) is 2. The maximum atomic E-state index is 12.6. The summed E-state index contributed by atoms with van der Waals surface area (Å²) in [5.41, 5.74) is 5.73. The molecule has 0 atom stereocenters. The molecule has 2 heterocycles. The lowest BCUT2D eigenvalue weighted by molar-refractivity contribution is 0.434. The smallest absolute Gasteiger partial charge is 0.245 e. The topological polar surface area (TPSA) is 76.3 Å². The summed E-state index contributed by atoms with van der Waals surface area (Å²) in [5.74, 6) is 1.79. The maximum Gasteiger partial charge on any atom is 0.245 e. The van der Waals surface area contributed by atoms with Gasteiger partial charge in [0.1, 0.15) is 15.6 Å². The van der Waals surface area contributed by atoms with Crippen LogP contribution in [0.2, 0.25) is 0 Å². The van der Waals surface area contributed by atoms with Crippen LogP contribution in [0.3, 0.4) is 0 Å². The molecular formula is C11H15N3O2S3. The molecule has 1 aromatic heterocycles. The third kappa shape index (κ3) is 3.25. The fourth-order valence-corrected chi connectivity index (χ4v) is 4.75. The lowest BCUT2D eigenvalue weighted by atomic mass is 10.3. The number of sulfonamides is 1. The number of aromatic nitrogens is 1. The van der Waals surface area contributed by atoms with Crippen LogP contribution >= 0.6 is 24.0 Å². The summed E-state index contributed by atoms with van der Waals surface area (Å²) < 4.78 is 26.7. The van der Waals surface area contributed by atoms with E-state index in [-0.39, 0.29) is 15.6 Å². The van der Waals surface area contributed by atoms with Crippen molar-refractivity contribution < 1.29 is 8.42 Å². The Labute approximate surface area is 122 Å². The zero-order valence-electron chi connectivity index (χ0n) is 10.3. The van der Waals surface area contributed by atoms with Gasteiger partial charge in [0.25, 0.3) is 0 Å². The average molecular weight is 317 g/mol. The van der Waals surface area contributed by atoms with Gasteiger partial charge in [-0.3, -0.25) is 4.98 Å². The summed E-state index contributed by atoms with van der Waals surface area (Å²) >= 11 is 6.64. The summed E-state index contributed by atoms with van der Waals surface area (Å²) in [7, 11) is -3.57. The van der Waals surface area contributed by atoms with Crippen LogP contribution in [0.25, 0.3) is 0 Å². The van der Waals surface area contributed by atoms with E-state index in [1.54, 1.807) is 17.8 Å². The van der Waals surface area contributed by atoms with Crippen LogP contribution in [0, 0.1) is 0 Å². The molecule has 1 aromatic rings. The van der Waals surface area contributed by atoms with E-state index in [9.17, 15) is 8.42 Å². The van der Waals surface area contributed by atoms with Gasteiger partial charge in [0, 0.05) is 25.0 Å². The normalized spacial score (nSPS) is 17.9. The van der Waals surface area contributed by atoms with Crippen LogP contribution in [0.5, 0.6) is 0 Å². The Morgan fingerprint density at radius 3 is 2.95 bits per heavy atom. The Kier molecular flexibility index (Phi) is 4.77. The molecule has 0 amide bonds. The SMILES string of the molecule is NC(=S)c1ncccc1S(=O)(=O)N1CCCSCC1. The first-order valence-corrected chi connectivity index (χ1v) is 8.86. The highest BCUT2D eigenvalue weighted by Crippen LogP contribution is 2.21. The van der Waals surface area contributed by atoms with E-state index in [2.05, 4.69) is 4.98 Å². The number of nitrogens with two attached hydrogens (primary N) is 1. The van der Waals surface area contributed by atoms with Gasteiger partial charge in [0.15, 0.2) is 0 Å². The molecular weight excluding hydrogens is 302 g/mol. The molecule has 8 heteroatoms. The predicted molar refractivity (Wildman–Crippen MR) is 80.8 cm³/mol. The number of hydrogen-bond donors (Lipinski definition) is 1. The molecule has 0 unspecified atom stereocenters. The number of thioether (sulfide) groups is 1. The molecule has 1 saturated heterocycles. The van der Waals surface area contributed by atoms with Gasteiger partial charge in [-0.2, -0.15) is 16.1 Å². The van der Waals surface area contributed by atoms with Gasteiger partial charge < -0.3 is 5.73 Å². The van der Waals surface area contributed by atoms with Gasteiger partial charge in [-0.15, -0.1) is 0 Å². The molecule has 0 radical (unpaired) electrons. The Hall–Kier alpha value is -0.700. The van der Waals surface area contributed by atoms with Crippen molar-refractivity contribution >= 4 is 39.0 Å². The van der Waals surface area contributed by atoms with Crippen molar-refractivity contribution in [3.8, 4) is 0 Å². The minimum absolute atomic E-state index is 0.00312. The van der Waals surface area contributed by atoms with Crippen LogP contribution in [0.15, 0.2) is 23.2 Å². The fourth-order valence-electron chi connectivity index (χ4n) is 1.89. The molecule has 1 aliphatic heterocycles. The molecule has 0 aliphatic carbocycles. The highest BCUT2D eigenvalue weighted by Gasteiger charge is 2.28. The minimum Gasteiger partial charge on any atom is -0.388 e. The molecule has 0 saturated carbocycles. The molecule has 2 N–H and O–H groups in total. The third-order valence-electron chi connectivity index (χ3n) is 2.80. The lowest BCUT2D eigenvalue weighted by Gasteiger charge is -2.20. The molecule has 1 fully saturated rings. The first-order chi connectivity index (χ1) is 9.03. The van der Waals surface area contributed by atoms with Gasteiger partial charge in [-0.25, -0.2) is 8.42 Å². The summed E-state index contributed by atoms with van der Waals surface area (Å²) in [6.45, 7) is 1.04. The van der Waals surface area contributed by atoms with Crippen LogP contribution in [0.4, 0.5) is 0 Å². The van der Waals surface area contributed by atoms with Crippen molar-refractivity contribution in [2.24, 2.45) is 5.73 Å². The van der Waals surface area contributed by atoms with E-state index < -0.39 is 10.0 Å². The van der Waals surface area contributed by atoms with E-state index in [4.69, 9.17) is 18.0 Å². The first-order valence-electron chi connectivity index (χ1n) is 5.86. The van der Waals surface area contributed by atoms with Crippen molar-refractivity contribution in [3.63, 3.8) is 0 Å². The zero-order valence-corrected chi connectivity index (χ0v) is 12.7. The van der Waals surface area contributed by atoms with Crippen molar-refractivity contribution in [1.82, 2.24) is 9.29 Å². The Morgan fingerprint density at radius 1 is 1.42 bits per heavy atom. The quantitative estimate of drug-likeness (QED) is 0.833. The predicted octanol–water partition coefficient (Wildman–Crippen LogP) is 0.843. The number of thiocarbonyl (C=S) groups is 1. The van der Waals surface area contributed by atoms with Crippen LogP contribution < -0.4 is 5.73 Å². The zero-order chi connectivity index (χ0) is 13.9. The standard InChI is InChI=1S/C11H15N3O2S3/c12-11(17)10-9(3-1-4-13-10)19(15,16)14-5-2-7-18-8-6-14/h1,3-4H,2,5-8H2,(H2,12,17). The first kappa shape index (κ1) is 14.7. The Balaban J connectivity index is 2.41. The molecule has 104 valence electrons. The minimum atomic E-state index is -3.57. The maximum absolute atomic E-state index is 12.6. The van der Waals surface area contributed by atoms with E-state index in [0.717, 1.165) is 17.9 Å². The van der Waals surface area contributed by atoms with Gasteiger partial charge >= 0.3 is 0 Å². The van der Waals surface area contributed by atoms with Crippen molar-refractivity contribution in [2.45, 2.75) is 11.3 Å². The highest BCUT2D eigenvalue weighted by molar-refractivity contribution is 7.99. The number of pyridine rings is 1. The van der Waals surface area contributed by atoms with E-state index in [1.165, 1.54) is 16.6 Å². The average Bonchev–Trinajstić information content (AvgIpc) is 2.68. The molecule has 0 aromatic carbocycles. The molecule has 0 bridgehead atoms. The van der Waals surface area contributed by atoms with Gasteiger partial charge in [-0.05, 0) is 24.3 Å². The Morgan fingerprint density at radius 2 is 2.21 bits per heavy atom. The summed E-state index contributed by atoms with van der Waals surface area (Å²) in [4.78, 5) is 4.09. The summed E-state index contributed by atoms with van der Waals surface area (Å²) in [6.07, 6.45) is 2.35. The van der Waals surface area contributed by atoms with Gasteiger partial charge in [0.2, 0.25) is 10.0 Å². The van der Waals surface area contributed by atoms with E-state index in [1.807, 2.05) is 0 Å². The van der Waals surface area contributed by atoms with E-state index >= 15 is 0 Å². The molecule has 1 aliphatic rings. The third-order valence-corrected chi connectivity index (χ3v) is 5.98. The number of hydrogen-bond acceptors (Lipinski definition) is 5. The van der Waals surface area contributed by atoms with Crippen molar-refractivity contribution in [2.75, 3.05) is 24.6 Å². The molecule has 5 nitrogen and oxygen atoms in total. The Bertz CT molecular complexity index is 566. The molecule has 2 rings (SSSR count). The van der Waals surface area contributed by atoms with Gasteiger partial charge in [-0.1, -0.05) is 12.2 Å². The van der Waals surface area contributed by atoms with E-state index in [0.29, 0.717) is 13.1 Å². The molecule has 0 spiro atoms.